The summed E-state index contributed by atoms with van der Waals surface area (Å²) >= 11 is 8.83. The van der Waals surface area contributed by atoms with Crippen LogP contribution in [-0.2, 0) is 27.6 Å². The van der Waals surface area contributed by atoms with Crippen molar-refractivity contribution in [3.63, 3.8) is 0 Å². The Labute approximate surface area is 141 Å². The summed E-state index contributed by atoms with van der Waals surface area (Å²) in [7, 11) is -2.25. The van der Waals surface area contributed by atoms with Crippen LogP contribution in [0.4, 0.5) is 0 Å². The van der Waals surface area contributed by atoms with Crippen molar-refractivity contribution in [2.45, 2.75) is 42.8 Å². The molecule has 22 heavy (non-hydrogen) atoms. The van der Waals surface area contributed by atoms with Crippen LogP contribution in [0.1, 0.15) is 13.8 Å². The van der Waals surface area contributed by atoms with Gasteiger partial charge in [-0.15, -0.1) is 0 Å². The minimum Gasteiger partial charge on any atom is -0.394 e. The number of phosphoric acid groups is 1. The molecule has 2 fully saturated rings. The fourth-order valence-corrected chi connectivity index (χ4v) is 4.80. The number of thiol groups is 2. The van der Waals surface area contributed by atoms with Gasteiger partial charge in [-0.05, 0) is 0 Å². The molecule has 1 N–H and O–H groups in total. The summed E-state index contributed by atoms with van der Waals surface area (Å²) in [5.74, 6) is 0. The van der Waals surface area contributed by atoms with Gasteiger partial charge >= 0.3 is 7.82 Å². The summed E-state index contributed by atoms with van der Waals surface area (Å²) in [5.41, 5.74) is -0.232. The summed E-state index contributed by atoms with van der Waals surface area (Å²) in [6, 6.07) is 0. The Kier molecular flexibility index (Phi) is 6.30. The first kappa shape index (κ1) is 19.0. The highest BCUT2D eigenvalue weighted by Crippen LogP contribution is 2.56. The van der Waals surface area contributed by atoms with Crippen LogP contribution in [0.3, 0.4) is 0 Å². The molecule has 2 rings (SSSR count). The first-order valence-corrected chi connectivity index (χ1v) is 9.43. The fourth-order valence-electron chi connectivity index (χ4n) is 2.17. The quantitative estimate of drug-likeness (QED) is 0.508. The maximum Gasteiger partial charge on any atom is 0.475 e. The molecule has 5 atom stereocenters. The van der Waals surface area contributed by atoms with Gasteiger partial charge in [-0.25, -0.2) is 4.57 Å². The lowest BCUT2D eigenvalue weighted by Gasteiger charge is -2.43. The van der Waals surface area contributed by atoms with Crippen LogP contribution in [0, 0.1) is 5.41 Å². The Morgan fingerprint density at radius 1 is 1.27 bits per heavy atom. The summed E-state index contributed by atoms with van der Waals surface area (Å²) in [4.78, 5) is 0. The Balaban J connectivity index is 2.08. The maximum absolute atomic E-state index is 12.6. The van der Waals surface area contributed by atoms with Gasteiger partial charge in [0.05, 0.1) is 25.1 Å². The van der Waals surface area contributed by atoms with Crippen LogP contribution in [0.15, 0.2) is 0 Å². The molecule has 0 radical (unpaired) electrons. The van der Waals surface area contributed by atoms with Crippen LogP contribution in [0.5, 0.6) is 0 Å². The van der Waals surface area contributed by atoms with E-state index in [0.717, 1.165) is 0 Å². The van der Waals surface area contributed by atoms with Crippen LogP contribution < -0.4 is 0 Å². The zero-order valence-electron chi connectivity index (χ0n) is 12.7. The molecule has 0 aromatic rings. The van der Waals surface area contributed by atoms with Crippen molar-refractivity contribution in [3.8, 4) is 0 Å². The normalized spacial score (nSPS) is 41.3. The Morgan fingerprint density at radius 2 is 1.86 bits per heavy atom. The molecule has 2 saturated heterocycles. The minimum absolute atomic E-state index is 0.232. The fraction of sp³-hybridized carbons (Fsp3) is 1.00. The van der Waals surface area contributed by atoms with Gasteiger partial charge < -0.3 is 14.6 Å². The molecule has 0 saturated carbocycles. The smallest absolute Gasteiger partial charge is 0.394 e. The second-order valence-electron chi connectivity index (χ2n) is 6.17. The molecule has 0 aliphatic carbocycles. The Morgan fingerprint density at radius 3 is 2.36 bits per heavy atom. The van der Waals surface area contributed by atoms with E-state index in [9.17, 15) is 9.67 Å². The summed E-state index contributed by atoms with van der Waals surface area (Å²) in [5, 5.41) is 8.58. The van der Waals surface area contributed by atoms with E-state index in [0.29, 0.717) is 0 Å². The second kappa shape index (κ2) is 7.29. The average molecular weight is 374 g/mol. The number of ether oxygens (including phenoxy) is 2. The van der Waals surface area contributed by atoms with E-state index >= 15 is 0 Å². The van der Waals surface area contributed by atoms with E-state index in [1.165, 1.54) is 7.11 Å². The molecular formula is C12H23O7PS2. The SMILES string of the molecule is CO[C@H]1O[C@H](CO)[C@@H](OP2(=O)OCC(C)(C)CO2)[C@@H](S)[C@@H]1S. The van der Waals surface area contributed by atoms with Gasteiger partial charge in [0.1, 0.15) is 12.2 Å². The maximum atomic E-state index is 12.6. The van der Waals surface area contributed by atoms with Crippen molar-refractivity contribution >= 4 is 33.1 Å². The molecule has 2 aliphatic heterocycles. The molecule has 0 spiro atoms. The second-order valence-corrected chi connectivity index (χ2v) is 8.98. The molecule has 0 aromatic carbocycles. The predicted molar refractivity (Wildman–Crippen MR) is 86.5 cm³/mol. The zero-order chi connectivity index (χ0) is 16.5. The number of aliphatic hydroxyl groups excluding tert-OH is 1. The van der Waals surface area contributed by atoms with Gasteiger partial charge in [-0.1, -0.05) is 13.8 Å². The zero-order valence-corrected chi connectivity index (χ0v) is 15.4. The van der Waals surface area contributed by atoms with Crippen molar-refractivity contribution in [3.05, 3.63) is 0 Å². The lowest BCUT2D eigenvalue weighted by molar-refractivity contribution is -0.212. The summed E-state index contributed by atoms with van der Waals surface area (Å²) in [6.45, 7) is 4.04. The first-order valence-electron chi connectivity index (χ1n) is 6.94. The van der Waals surface area contributed by atoms with Crippen LogP contribution in [0.2, 0.25) is 0 Å². The highest BCUT2D eigenvalue weighted by Gasteiger charge is 2.49. The topological polar surface area (TPSA) is 83.5 Å². The number of hydrogen-bond acceptors (Lipinski definition) is 9. The van der Waals surface area contributed by atoms with Gasteiger partial charge in [0.15, 0.2) is 6.29 Å². The molecule has 0 aromatic heterocycles. The first-order chi connectivity index (χ1) is 10.2. The third kappa shape index (κ3) is 4.20. The van der Waals surface area contributed by atoms with Gasteiger partial charge in [-0.2, -0.15) is 25.3 Å². The standard InChI is InChI=1S/C12H23O7PS2/c1-12(2)5-16-20(14,17-6-12)19-8-7(4-13)18-11(15-3)10(22)9(8)21/h7-11,13,21-22H,4-6H2,1-3H3/t7-,8-,9-,10+,11+/m1/s1. The summed E-state index contributed by atoms with van der Waals surface area (Å²) < 4.78 is 39.4. The monoisotopic (exact) mass is 374 g/mol. The molecule has 0 bridgehead atoms. The van der Waals surface area contributed by atoms with E-state index in [2.05, 4.69) is 25.3 Å². The van der Waals surface area contributed by atoms with E-state index in [1.807, 2.05) is 13.8 Å². The number of aliphatic hydroxyl groups is 1. The van der Waals surface area contributed by atoms with Crippen molar-refractivity contribution < 1.29 is 32.7 Å². The van der Waals surface area contributed by atoms with E-state index < -0.39 is 36.8 Å². The van der Waals surface area contributed by atoms with Gasteiger partial charge in [0.25, 0.3) is 0 Å². The lowest BCUT2D eigenvalue weighted by Crippen LogP contribution is -2.56. The highest BCUT2D eigenvalue weighted by molar-refractivity contribution is 7.85. The number of phosphoric ester groups is 1. The molecule has 7 nitrogen and oxygen atoms in total. The molecule has 10 heteroatoms. The van der Waals surface area contributed by atoms with Crippen molar-refractivity contribution in [1.82, 2.24) is 0 Å². The minimum atomic E-state index is -3.72. The van der Waals surface area contributed by atoms with Gasteiger partial charge in [-0.3, -0.25) is 13.6 Å². The number of rotatable bonds is 4. The molecule has 2 aliphatic rings. The van der Waals surface area contributed by atoms with Crippen molar-refractivity contribution in [1.29, 1.82) is 0 Å². The Hall–Kier alpha value is 0.690. The largest absolute Gasteiger partial charge is 0.475 e. The van der Waals surface area contributed by atoms with Crippen LogP contribution in [0.25, 0.3) is 0 Å². The summed E-state index contributed by atoms with van der Waals surface area (Å²) in [6.07, 6.45) is -2.20. The average Bonchev–Trinajstić information content (AvgIpc) is 2.48. The molecular weight excluding hydrogens is 351 g/mol. The van der Waals surface area contributed by atoms with E-state index in [4.69, 9.17) is 23.0 Å². The van der Waals surface area contributed by atoms with Crippen molar-refractivity contribution in [2.24, 2.45) is 5.41 Å². The number of methoxy groups -OCH3 is 1. The molecule has 2 heterocycles. The third-order valence-electron chi connectivity index (χ3n) is 3.53. The molecule has 0 unspecified atom stereocenters. The van der Waals surface area contributed by atoms with Crippen molar-refractivity contribution in [2.75, 3.05) is 26.9 Å². The van der Waals surface area contributed by atoms with Crippen LogP contribution in [-0.4, -0.2) is 61.0 Å². The molecule has 0 amide bonds. The van der Waals surface area contributed by atoms with Gasteiger partial charge in [0, 0.05) is 17.8 Å². The van der Waals surface area contributed by atoms with E-state index in [-0.39, 0.29) is 25.2 Å². The molecule has 130 valence electrons. The lowest BCUT2D eigenvalue weighted by atomic mass is 9.97. The van der Waals surface area contributed by atoms with Crippen LogP contribution >= 0.6 is 33.1 Å². The number of hydrogen-bond donors (Lipinski definition) is 3. The Bertz CT molecular complexity index is 420. The predicted octanol–water partition coefficient (Wildman–Crippen LogP) is 1.51. The highest BCUT2D eigenvalue weighted by atomic mass is 32.1. The van der Waals surface area contributed by atoms with Gasteiger partial charge in [0.2, 0.25) is 0 Å². The third-order valence-corrected chi connectivity index (χ3v) is 6.34. The van der Waals surface area contributed by atoms with E-state index in [1.54, 1.807) is 0 Å².